The van der Waals surface area contributed by atoms with Crippen molar-refractivity contribution in [2.75, 3.05) is 20.3 Å². The van der Waals surface area contributed by atoms with Gasteiger partial charge in [-0.05, 0) is 56.5 Å². The normalized spacial score (nSPS) is 13.9. The van der Waals surface area contributed by atoms with Crippen LogP contribution in [0.15, 0.2) is 47.4 Å². The first-order chi connectivity index (χ1) is 14.3. The first kappa shape index (κ1) is 22.1. The number of carbonyl (C=O) groups excluding carboxylic acids is 1. The molecule has 0 heterocycles. The maximum absolute atomic E-state index is 13.0. The van der Waals surface area contributed by atoms with Crippen molar-refractivity contribution in [3.8, 4) is 11.5 Å². The molecule has 0 atom stereocenters. The lowest BCUT2D eigenvalue weighted by Gasteiger charge is -2.19. The fourth-order valence-electron chi connectivity index (χ4n) is 2.97. The van der Waals surface area contributed by atoms with E-state index in [2.05, 4.69) is 5.32 Å². The van der Waals surface area contributed by atoms with E-state index in [1.54, 1.807) is 30.3 Å². The van der Waals surface area contributed by atoms with E-state index < -0.39 is 10.0 Å². The van der Waals surface area contributed by atoms with Crippen LogP contribution < -0.4 is 14.8 Å². The number of nitrogens with zero attached hydrogens (tertiary/aromatic N) is 1. The summed E-state index contributed by atoms with van der Waals surface area (Å²) >= 11 is 0. The van der Waals surface area contributed by atoms with E-state index in [4.69, 9.17) is 9.47 Å². The highest BCUT2D eigenvalue weighted by molar-refractivity contribution is 7.89. The maximum atomic E-state index is 13.0. The Balaban J connectivity index is 1.72. The number of sulfonamides is 1. The number of carbonyl (C=O) groups is 1. The Bertz CT molecular complexity index is 985. The molecule has 1 amide bonds. The highest BCUT2D eigenvalue weighted by Gasteiger charge is 2.25. The molecule has 1 aliphatic rings. The molecule has 30 heavy (non-hydrogen) atoms. The quantitative estimate of drug-likeness (QED) is 0.623. The van der Waals surface area contributed by atoms with E-state index in [1.807, 2.05) is 13.8 Å². The van der Waals surface area contributed by atoms with E-state index in [-0.39, 0.29) is 17.3 Å². The van der Waals surface area contributed by atoms with E-state index in [9.17, 15) is 13.2 Å². The van der Waals surface area contributed by atoms with Gasteiger partial charge < -0.3 is 14.8 Å². The lowest BCUT2D eigenvalue weighted by molar-refractivity contribution is 0.0951. The second-order valence-corrected chi connectivity index (χ2v) is 9.23. The Morgan fingerprint density at radius 2 is 1.67 bits per heavy atom. The van der Waals surface area contributed by atoms with Gasteiger partial charge in [-0.2, -0.15) is 4.31 Å². The molecule has 2 aromatic rings. The summed E-state index contributed by atoms with van der Waals surface area (Å²) in [6.45, 7) is 4.73. The molecule has 0 aliphatic heterocycles. The van der Waals surface area contributed by atoms with Gasteiger partial charge in [0, 0.05) is 31.3 Å². The van der Waals surface area contributed by atoms with Crippen LogP contribution in [-0.2, 0) is 16.6 Å². The first-order valence-corrected chi connectivity index (χ1v) is 11.5. The average molecular weight is 433 g/mol. The summed E-state index contributed by atoms with van der Waals surface area (Å²) in [5.74, 6) is 0.823. The zero-order valence-electron chi connectivity index (χ0n) is 17.6. The van der Waals surface area contributed by atoms with Gasteiger partial charge >= 0.3 is 0 Å². The average Bonchev–Trinajstić information content (AvgIpc) is 3.54. The first-order valence-electron chi connectivity index (χ1n) is 10.1. The number of benzene rings is 2. The Kier molecular flexibility index (Phi) is 6.99. The van der Waals surface area contributed by atoms with Gasteiger partial charge in [-0.3, -0.25) is 4.79 Å². The number of ether oxygens (including phenoxy) is 2. The summed E-state index contributed by atoms with van der Waals surface area (Å²) in [5.41, 5.74) is 1.36. The minimum atomic E-state index is -3.73. The molecular weight excluding hydrogens is 404 g/mol. The second kappa shape index (κ2) is 9.49. The van der Waals surface area contributed by atoms with Crippen molar-refractivity contribution >= 4 is 15.9 Å². The minimum Gasteiger partial charge on any atom is -0.490 e. The third-order valence-corrected chi connectivity index (χ3v) is 6.56. The fraction of sp³-hybridized carbons (Fsp3) is 0.409. The summed E-state index contributed by atoms with van der Waals surface area (Å²) in [6, 6.07) is 11.9. The SMILES string of the molecule is CCOc1ccc(S(=O)(=O)N(C)Cc2ccc(C(=O)NC3CC3)cc2)cc1OCC. The highest BCUT2D eigenvalue weighted by atomic mass is 32.2. The molecule has 0 bridgehead atoms. The molecule has 0 spiro atoms. The number of hydrogen-bond acceptors (Lipinski definition) is 5. The Labute approximate surface area is 178 Å². The van der Waals surface area contributed by atoms with Gasteiger partial charge in [-0.25, -0.2) is 8.42 Å². The molecule has 0 saturated heterocycles. The van der Waals surface area contributed by atoms with Crippen molar-refractivity contribution in [1.29, 1.82) is 0 Å². The Morgan fingerprint density at radius 3 is 2.27 bits per heavy atom. The monoisotopic (exact) mass is 432 g/mol. The third kappa shape index (κ3) is 5.31. The van der Waals surface area contributed by atoms with Gasteiger partial charge in [0.15, 0.2) is 11.5 Å². The van der Waals surface area contributed by atoms with Gasteiger partial charge in [-0.15, -0.1) is 0 Å². The Hall–Kier alpha value is -2.58. The van der Waals surface area contributed by atoms with Gasteiger partial charge in [0.05, 0.1) is 18.1 Å². The zero-order valence-corrected chi connectivity index (χ0v) is 18.4. The van der Waals surface area contributed by atoms with Crippen molar-refractivity contribution in [2.24, 2.45) is 0 Å². The highest BCUT2D eigenvalue weighted by Crippen LogP contribution is 2.31. The van der Waals surface area contributed by atoms with Crippen LogP contribution in [0.3, 0.4) is 0 Å². The summed E-state index contributed by atoms with van der Waals surface area (Å²) in [6.07, 6.45) is 2.06. The van der Waals surface area contributed by atoms with Crippen LogP contribution >= 0.6 is 0 Å². The minimum absolute atomic E-state index is 0.0946. The summed E-state index contributed by atoms with van der Waals surface area (Å²) in [4.78, 5) is 12.2. The number of hydrogen-bond donors (Lipinski definition) is 1. The zero-order chi connectivity index (χ0) is 21.7. The molecule has 162 valence electrons. The molecule has 0 radical (unpaired) electrons. The predicted molar refractivity (Wildman–Crippen MR) is 114 cm³/mol. The number of rotatable bonds is 10. The standard InChI is InChI=1S/C22H28N2O5S/c1-4-28-20-13-12-19(14-21(20)29-5-2)30(26,27)24(3)15-16-6-8-17(9-7-16)22(25)23-18-10-11-18/h6-9,12-14,18H,4-5,10-11,15H2,1-3H3,(H,23,25). The fourth-order valence-corrected chi connectivity index (χ4v) is 4.15. The molecule has 1 aliphatic carbocycles. The number of amides is 1. The second-order valence-electron chi connectivity index (χ2n) is 7.18. The van der Waals surface area contributed by atoms with Gasteiger partial charge in [0.1, 0.15) is 0 Å². The molecule has 7 nitrogen and oxygen atoms in total. The van der Waals surface area contributed by atoms with Crippen molar-refractivity contribution < 1.29 is 22.7 Å². The van der Waals surface area contributed by atoms with Crippen LogP contribution in [0.2, 0.25) is 0 Å². The summed E-state index contributed by atoms with van der Waals surface area (Å²) in [7, 11) is -2.20. The molecule has 1 saturated carbocycles. The van der Waals surface area contributed by atoms with Gasteiger partial charge in [0.25, 0.3) is 5.91 Å². The molecule has 0 unspecified atom stereocenters. The largest absolute Gasteiger partial charge is 0.490 e. The van der Waals surface area contributed by atoms with E-state index in [0.717, 1.165) is 18.4 Å². The molecule has 0 aromatic heterocycles. The van der Waals surface area contributed by atoms with E-state index in [1.165, 1.54) is 23.5 Å². The van der Waals surface area contributed by atoms with E-state index >= 15 is 0 Å². The van der Waals surface area contributed by atoms with Crippen LogP contribution in [0.25, 0.3) is 0 Å². The molecule has 2 aromatic carbocycles. The van der Waals surface area contributed by atoms with Crippen LogP contribution in [0.5, 0.6) is 11.5 Å². The van der Waals surface area contributed by atoms with Crippen molar-refractivity contribution in [1.82, 2.24) is 9.62 Å². The van der Waals surface area contributed by atoms with Crippen LogP contribution in [0.4, 0.5) is 0 Å². The van der Waals surface area contributed by atoms with Gasteiger partial charge in [-0.1, -0.05) is 12.1 Å². The Morgan fingerprint density at radius 1 is 1.03 bits per heavy atom. The van der Waals surface area contributed by atoms with E-state index in [0.29, 0.717) is 36.3 Å². The van der Waals surface area contributed by atoms with Crippen molar-refractivity contribution in [2.45, 2.75) is 44.2 Å². The lowest BCUT2D eigenvalue weighted by atomic mass is 10.1. The van der Waals surface area contributed by atoms with Crippen LogP contribution in [0.1, 0.15) is 42.6 Å². The topological polar surface area (TPSA) is 84.9 Å². The maximum Gasteiger partial charge on any atom is 0.251 e. The summed E-state index contributed by atoms with van der Waals surface area (Å²) < 4.78 is 38.4. The smallest absolute Gasteiger partial charge is 0.251 e. The van der Waals surface area contributed by atoms with Crippen LogP contribution in [0, 0.1) is 0 Å². The predicted octanol–water partition coefficient (Wildman–Crippen LogP) is 3.20. The van der Waals surface area contributed by atoms with Crippen molar-refractivity contribution in [3.63, 3.8) is 0 Å². The van der Waals surface area contributed by atoms with Crippen molar-refractivity contribution in [3.05, 3.63) is 53.6 Å². The molecule has 1 N–H and O–H groups in total. The lowest BCUT2D eigenvalue weighted by Crippen LogP contribution is -2.27. The molecule has 1 fully saturated rings. The molecular formula is C22H28N2O5S. The number of nitrogens with one attached hydrogen (secondary N) is 1. The molecule has 8 heteroatoms. The van der Waals surface area contributed by atoms with Crippen LogP contribution in [-0.4, -0.2) is 44.9 Å². The third-order valence-electron chi connectivity index (χ3n) is 4.76. The molecule has 3 rings (SSSR count). The summed E-state index contributed by atoms with van der Waals surface area (Å²) in [5, 5.41) is 2.94. The van der Waals surface area contributed by atoms with Gasteiger partial charge in [0.2, 0.25) is 10.0 Å².